The van der Waals surface area contributed by atoms with E-state index in [0.29, 0.717) is 15.7 Å². The average molecular weight is 345 g/mol. The largest absolute Gasteiger partial charge is 0.292 e. The summed E-state index contributed by atoms with van der Waals surface area (Å²) < 4.78 is 0.883. The second-order valence-electron chi connectivity index (χ2n) is 3.70. The van der Waals surface area contributed by atoms with Gasteiger partial charge in [-0.3, -0.25) is 9.78 Å². The zero-order chi connectivity index (χ0) is 13.1. The van der Waals surface area contributed by atoms with Crippen molar-refractivity contribution in [1.29, 1.82) is 0 Å². The van der Waals surface area contributed by atoms with E-state index in [-0.39, 0.29) is 12.2 Å². The summed E-state index contributed by atoms with van der Waals surface area (Å²) in [7, 11) is 0. The quantitative estimate of drug-likeness (QED) is 0.763. The van der Waals surface area contributed by atoms with Crippen LogP contribution in [0.5, 0.6) is 0 Å². The van der Waals surface area contributed by atoms with Gasteiger partial charge in [0.05, 0.1) is 5.02 Å². The van der Waals surface area contributed by atoms with E-state index in [2.05, 4.69) is 20.9 Å². The molecule has 0 aliphatic heterocycles. The molecule has 0 N–H and O–H groups in total. The Balaban J connectivity index is 2.18. The van der Waals surface area contributed by atoms with Crippen LogP contribution in [-0.2, 0) is 6.42 Å². The monoisotopic (exact) mass is 343 g/mol. The fraction of sp³-hybridized carbons (Fsp3) is 0.0769. The third kappa shape index (κ3) is 3.31. The Labute approximate surface area is 123 Å². The third-order valence-electron chi connectivity index (χ3n) is 2.38. The molecule has 2 aromatic rings. The Morgan fingerprint density at radius 2 is 2.00 bits per heavy atom. The SMILES string of the molecule is O=C(Cc1ccc(Br)cc1Cl)c1ccc(Cl)cn1. The summed E-state index contributed by atoms with van der Waals surface area (Å²) >= 11 is 15.1. The molecule has 0 aliphatic carbocycles. The molecule has 0 radical (unpaired) electrons. The van der Waals surface area contributed by atoms with Gasteiger partial charge >= 0.3 is 0 Å². The summed E-state index contributed by atoms with van der Waals surface area (Å²) in [5.41, 5.74) is 1.17. The number of rotatable bonds is 3. The van der Waals surface area contributed by atoms with Crippen LogP contribution in [0, 0.1) is 0 Å². The average Bonchev–Trinajstić information content (AvgIpc) is 2.33. The molecule has 0 spiro atoms. The van der Waals surface area contributed by atoms with Crippen LogP contribution < -0.4 is 0 Å². The second-order valence-corrected chi connectivity index (χ2v) is 5.46. The van der Waals surface area contributed by atoms with E-state index in [9.17, 15) is 4.79 Å². The molecule has 0 saturated carbocycles. The van der Waals surface area contributed by atoms with Crippen molar-refractivity contribution in [1.82, 2.24) is 4.98 Å². The predicted molar refractivity (Wildman–Crippen MR) is 76.4 cm³/mol. The van der Waals surface area contributed by atoms with Gasteiger partial charge in [-0.2, -0.15) is 0 Å². The normalized spacial score (nSPS) is 10.4. The highest BCUT2D eigenvalue weighted by Gasteiger charge is 2.11. The standard InChI is InChI=1S/C13H8BrCl2NO/c14-9-2-1-8(11(16)6-9)5-13(18)12-4-3-10(15)7-17-12/h1-4,6-7H,5H2. The van der Waals surface area contributed by atoms with E-state index in [1.807, 2.05) is 12.1 Å². The lowest BCUT2D eigenvalue weighted by atomic mass is 10.1. The fourth-order valence-electron chi connectivity index (χ4n) is 1.47. The first-order valence-corrected chi connectivity index (χ1v) is 6.70. The molecule has 0 aliphatic rings. The highest BCUT2D eigenvalue weighted by molar-refractivity contribution is 9.10. The van der Waals surface area contributed by atoms with Gasteiger partial charge < -0.3 is 0 Å². The first-order chi connectivity index (χ1) is 8.56. The number of nitrogens with zero attached hydrogens (tertiary/aromatic N) is 1. The minimum atomic E-state index is -0.0871. The van der Waals surface area contributed by atoms with Crippen molar-refractivity contribution in [3.63, 3.8) is 0 Å². The molecular formula is C13H8BrCl2NO. The van der Waals surface area contributed by atoms with Gasteiger partial charge in [0.25, 0.3) is 0 Å². The second kappa shape index (κ2) is 5.83. The van der Waals surface area contributed by atoms with Crippen molar-refractivity contribution >= 4 is 44.9 Å². The molecule has 1 aromatic heterocycles. The molecule has 5 heteroatoms. The van der Waals surface area contributed by atoms with E-state index in [1.165, 1.54) is 6.20 Å². The molecule has 0 saturated heterocycles. The molecule has 2 rings (SSSR count). The number of halogens is 3. The van der Waals surface area contributed by atoms with Crippen LogP contribution in [0.1, 0.15) is 16.1 Å². The van der Waals surface area contributed by atoms with Gasteiger partial charge in [0.15, 0.2) is 5.78 Å². The number of hydrogen-bond acceptors (Lipinski definition) is 2. The van der Waals surface area contributed by atoms with Crippen LogP contribution in [0.4, 0.5) is 0 Å². The number of carbonyl (C=O) groups is 1. The van der Waals surface area contributed by atoms with Crippen LogP contribution in [0.3, 0.4) is 0 Å². The minimum absolute atomic E-state index is 0.0871. The van der Waals surface area contributed by atoms with Crippen molar-refractivity contribution in [3.05, 3.63) is 62.3 Å². The first-order valence-electron chi connectivity index (χ1n) is 5.15. The van der Waals surface area contributed by atoms with Gasteiger partial charge in [-0.15, -0.1) is 0 Å². The lowest BCUT2D eigenvalue weighted by molar-refractivity contribution is 0.0988. The van der Waals surface area contributed by atoms with Gasteiger partial charge in [0, 0.05) is 22.1 Å². The smallest absolute Gasteiger partial charge is 0.185 e. The molecule has 92 valence electrons. The summed E-state index contributed by atoms with van der Waals surface area (Å²) in [6, 6.07) is 8.69. The fourth-order valence-corrected chi connectivity index (χ4v) is 2.32. The van der Waals surface area contributed by atoms with Crippen LogP contribution in [0.15, 0.2) is 41.0 Å². The molecule has 0 unspecified atom stereocenters. The number of Topliss-reactive ketones (excluding diaryl/α,β-unsaturated/α-hetero) is 1. The Bertz CT molecular complexity index is 584. The summed E-state index contributed by atoms with van der Waals surface area (Å²) in [6.07, 6.45) is 1.68. The maximum atomic E-state index is 12.0. The molecule has 0 atom stereocenters. The van der Waals surface area contributed by atoms with Crippen molar-refractivity contribution in [3.8, 4) is 0 Å². The van der Waals surface area contributed by atoms with Crippen molar-refractivity contribution in [2.75, 3.05) is 0 Å². The van der Waals surface area contributed by atoms with Crippen molar-refractivity contribution in [2.45, 2.75) is 6.42 Å². The topological polar surface area (TPSA) is 30.0 Å². The highest BCUT2D eigenvalue weighted by Crippen LogP contribution is 2.22. The van der Waals surface area contributed by atoms with E-state index in [1.54, 1.807) is 18.2 Å². The number of pyridine rings is 1. The van der Waals surface area contributed by atoms with Crippen molar-refractivity contribution < 1.29 is 4.79 Å². The molecule has 0 amide bonds. The molecule has 18 heavy (non-hydrogen) atoms. The third-order valence-corrected chi connectivity index (χ3v) is 3.45. The van der Waals surface area contributed by atoms with E-state index in [4.69, 9.17) is 23.2 Å². The van der Waals surface area contributed by atoms with E-state index >= 15 is 0 Å². The summed E-state index contributed by atoms with van der Waals surface area (Å²) in [4.78, 5) is 16.0. The lowest BCUT2D eigenvalue weighted by Gasteiger charge is -2.04. The lowest BCUT2D eigenvalue weighted by Crippen LogP contribution is -2.06. The zero-order valence-corrected chi connectivity index (χ0v) is 12.3. The number of benzene rings is 1. The number of aromatic nitrogens is 1. The predicted octanol–water partition coefficient (Wildman–Crippen LogP) is 4.58. The summed E-state index contributed by atoms with van der Waals surface area (Å²) in [5.74, 6) is -0.0871. The maximum Gasteiger partial charge on any atom is 0.185 e. The Morgan fingerprint density at radius 3 is 2.61 bits per heavy atom. The summed E-state index contributed by atoms with van der Waals surface area (Å²) in [6.45, 7) is 0. The van der Waals surface area contributed by atoms with Crippen molar-refractivity contribution in [2.24, 2.45) is 0 Å². The number of hydrogen-bond donors (Lipinski definition) is 0. The molecule has 1 heterocycles. The van der Waals surface area contributed by atoms with Crippen LogP contribution >= 0.6 is 39.1 Å². The van der Waals surface area contributed by atoms with Crippen LogP contribution in [-0.4, -0.2) is 10.8 Å². The van der Waals surface area contributed by atoms with Gasteiger partial charge in [-0.25, -0.2) is 0 Å². The van der Waals surface area contributed by atoms with Gasteiger partial charge in [-0.1, -0.05) is 45.2 Å². The molecular weight excluding hydrogens is 337 g/mol. The van der Waals surface area contributed by atoms with Crippen LogP contribution in [0.25, 0.3) is 0 Å². The minimum Gasteiger partial charge on any atom is -0.292 e. The maximum absolute atomic E-state index is 12.0. The highest BCUT2D eigenvalue weighted by atomic mass is 79.9. The van der Waals surface area contributed by atoms with Gasteiger partial charge in [0.1, 0.15) is 5.69 Å². The molecule has 0 fully saturated rings. The molecule has 1 aromatic carbocycles. The molecule has 0 bridgehead atoms. The van der Waals surface area contributed by atoms with E-state index < -0.39 is 0 Å². The zero-order valence-electron chi connectivity index (χ0n) is 9.16. The first kappa shape index (κ1) is 13.5. The Hall–Kier alpha value is -0.900. The molecule has 2 nitrogen and oxygen atoms in total. The van der Waals surface area contributed by atoms with Crippen LogP contribution in [0.2, 0.25) is 10.0 Å². The Kier molecular flexibility index (Phi) is 4.38. The van der Waals surface area contributed by atoms with Gasteiger partial charge in [0.2, 0.25) is 0 Å². The number of carbonyl (C=O) groups excluding carboxylic acids is 1. The van der Waals surface area contributed by atoms with E-state index in [0.717, 1.165) is 10.0 Å². The summed E-state index contributed by atoms with van der Waals surface area (Å²) in [5, 5.41) is 1.07. The van der Waals surface area contributed by atoms with Gasteiger partial charge in [-0.05, 0) is 29.8 Å². The number of ketones is 1. The Morgan fingerprint density at radius 1 is 1.22 bits per heavy atom.